The molecule has 3 rings (SSSR count). The van der Waals surface area contributed by atoms with Gasteiger partial charge in [0, 0.05) is 6.92 Å². The maximum absolute atomic E-state index is 12.0. The highest BCUT2D eigenvalue weighted by Crippen LogP contribution is 2.30. The van der Waals surface area contributed by atoms with Crippen molar-refractivity contribution in [3.8, 4) is 0 Å². The van der Waals surface area contributed by atoms with Gasteiger partial charge in [-0.15, -0.1) is 0 Å². The predicted molar refractivity (Wildman–Crippen MR) is 90.3 cm³/mol. The van der Waals surface area contributed by atoms with Gasteiger partial charge in [-0.2, -0.15) is 0 Å². The standard InChI is InChI=1S/C17H17NO.C2H6/c1-13(19)18-12-16-8-3-2-6-14(16)10-11-15-7-4-5-9-17(15)18;1-2/h4-11H,2-3,12H2,1H3;1-2H3/b11-10-;. The normalized spacial score (nSPS) is 17.8. The number of para-hydroxylation sites is 1. The van der Waals surface area contributed by atoms with Crippen LogP contribution < -0.4 is 4.90 Å². The molecular formula is C19H23NO. The van der Waals surface area contributed by atoms with Crippen LogP contribution in [-0.2, 0) is 4.79 Å². The lowest BCUT2D eigenvalue weighted by Crippen LogP contribution is -2.32. The van der Waals surface area contributed by atoms with E-state index in [1.54, 1.807) is 6.92 Å². The summed E-state index contributed by atoms with van der Waals surface area (Å²) >= 11 is 0. The Hall–Kier alpha value is -2.09. The van der Waals surface area contributed by atoms with Gasteiger partial charge >= 0.3 is 0 Å². The fraction of sp³-hybridized carbons (Fsp3) is 0.316. The topological polar surface area (TPSA) is 20.3 Å². The molecule has 1 amide bonds. The first-order valence-corrected chi connectivity index (χ1v) is 7.70. The lowest BCUT2D eigenvalue weighted by Gasteiger charge is -2.28. The van der Waals surface area contributed by atoms with Crippen LogP contribution in [0.2, 0.25) is 0 Å². The van der Waals surface area contributed by atoms with Crippen LogP contribution in [0.1, 0.15) is 39.2 Å². The Morgan fingerprint density at radius 1 is 1.05 bits per heavy atom. The fourth-order valence-electron chi connectivity index (χ4n) is 2.67. The minimum Gasteiger partial charge on any atom is -0.308 e. The van der Waals surface area contributed by atoms with Crippen molar-refractivity contribution in [2.75, 3.05) is 11.4 Å². The van der Waals surface area contributed by atoms with Crippen LogP contribution >= 0.6 is 0 Å². The molecule has 2 nitrogen and oxygen atoms in total. The highest BCUT2D eigenvalue weighted by atomic mass is 16.2. The third kappa shape index (κ3) is 3.33. The molecule has 110 valence electrons. The van der Waals surface area contributed by atoms with Gasteiger partial charge in [0.25, 0.3) is 0 Å². The molecule has 0 radical (unpaired) electrons. The number of carbonyl (C=O) groups is 1. The number of anilines is 1. The van der Waals surface area contributed by atoms with E-state index >= 15 is 0 Å². The number of rotatable bonds is 0. The molecule has 1 aromatic rings. The monoisotopic (exact) mass is 281 g/mol. The predicted octanol–water partition coefficient (Wildman–Crippen LogP) is 4.74. The van der Waals surface area contributed by atoms with Gasteiger partial charge in [-0.25, -0.2) is 0 Å². The Kier molecular flexibility index (Phi) is 5.15. The highest BCUT2D eigenvalue weighted by molar-refractivity contribution is 5.95. The molecule has 2 heteroatoms. The van der Waals surface area contributed by atoms with E-state index in [1.165, 1.54) is 11.1 Å². The zero-order valence-corrected chi connectivity index (χ0v) is 13.1. The molecule has 0 aromatic heterocycles. The average Bonchev–Trinajstić information content (AvgIpc) is 2.51. The molecule has 1 aromatic carbocycles. The first-order chi connectivity index (χ1) is 10.3. The van der Waals surface area contributed by atoms with Crippen LogP contribution in [0.3, 0.4) is 0 Å². The molecule has 1 aliphatic heterocycles. The van der Waals surface area contributed by atoms with E-state index in [2.05, 4.69) is 30.4 Å². The second kappa shape index (κ2) is 7.07. The van der Waals surface area contributed by atoms with E-state index in [0.29, 0.717) is 6.54 Å². The van der Waals surface area contributed by atoms with Gasteiger partial charge in [0.1, 0.15) is 0 Å². The van der Waals surface area contributed by atoms with Crippen LogP contribution in [0.5, 0.6) is 0 Å². The molecule has 1 aliphatic carbocycles. The second-order valence-electron chi connectivity index (χ2n) is 4.96. The molecule has 0 fully saturated rings. The molecule has 0 unspecified atom stereocenters. The van der Waals surface area contributed by atoms with Crippen molar-refractivity contribution >= 4 is 17.7 Å². The summed E-state index contributed by atoms with van der Waals surface area (Å²) in [6.07, 6.45) is 10.9. The lowest BCUT2D eigenvalue weighted by molar-refractivity contribution is -0.116. The van der Waals surface area contributed by atoms with Crippen LogP contribution in [0, 0.1) is 0 Å². The Balaban J connectivity index is 0.000000774. The molecule has 0 N–H and O–H groups in total. The van der Waals surface area contributed by atoms with Crippen LogP contribution in [0.15, 0.2) is 53.6 Å². The molecule has 0 spiro atoms. The minimum atomic E-state index is 0.0913. The summed E-state index contributed by atoms with van der Waals surface area (Å²) in [5.41, 5.74) is 4.61. The Labute approximate surface area is 127 Å². The quantitative estimate of drug-likeness (QED) is 0.672. The lowest BCUT2D eigenvalue weighted by atomic mass is 9.94. The van der Waals surface area contributed by atoms with Gasteiger partial charge in [-0.05, 0) is 35.6 Å². The van der Waals surface area contributed by atoms with E-state index in [0.717, 1.165) is 24.1 Å². The van der Waals surface area contributed by atoms with Gasteiger partial charge in [0.15, 0.2) is 0 Å². The van der Waals surface area contributed by atoms with Crippen LogP contribution in [-0.4, -0.2) is 12.5 Å². The van der Waals surface area contributed by atoms with E-state index in [4.69, 9.17) is 0 Å². The molecule has 0 bridgehead atoms. The number of allylic oxidation sites excluding steroid dienone is 3. The zero-order chi connectivity index (χ0) is 15.2. The van der Waals surface area contributed by atoms with Gasteiger partial charge in [-0.3, -0.25) is 4.79 Å². The molecule has 0 saturated heterocycles. The number of nitrogens with zero attached hydrogens (tertiary/aromatic N) is 1. The molecule has 0 atom stereocenters. The minimum absolute atomic E-state index is 0.0913. The summed E-state index contributed by atoms with van der Waals surface area (Å²) in [5.74, 6) is 0.0913. The summed E-state index contributed by atoms with van der Waals surface area (Å²) < 4.78 is 0. The Bertz CT molecular complexity index is 608. The molecular weight excluding hydrogens is 258 g/mol. The van der Waals surface area contributed by atoms with E-state index in [-0.39, 0.29) is 5.91 Å². The summed E-state index contributed by atoms with van der Waals surface area (Å²) in [4.78, 5) is 13.8. The van der Waals surface area contributed by atoms with Gasteiger partial charge < -0.3 is 4.90 Å². The summed E-state index contributed by atoms with van der Waals surface area (Å²) in [5, 5.41) is 0. The molecule has 2 aliphatic rings. The maximum atomic E-state index is 12.0. The smallest absolute Gasteiger partial charge is 0.224 e. The summed E-state index contributed by atoms with van der Waals surface area (Å²) in [7, 11) is 0. The molecule has 21 heavy (non-hydrogen) atoms. The third-order valence-corrected chi connectivity index (χ3v) is 3.67. The maximum Gasteiger partial charge on any atom is 0.224 e. The van der Waals surface area contributed by atoms with Crippen molar-refractivity contribution in [3.63, 3.8) is 0 Å². The fourth-order valence-corrected chi connectivity index (χ4v) is 2.67. The van der Waals surface area contributed by atoms with Gasteiger partial charge in [-0.1, -0.05) is 56.4 Å². The average molecular weight is 281 g/mol. The van der Waals surface area contributed by atoms with E-state index in [1.807, 2.05) is 36.9 Å². The zero-order valence-electron chi connectivity index (χ0n) is 13.1. The van der Waals surface area contributed by atoms with Crippen molar-refractivity contribution in [2.45, 2.75) is 33.6 Å². The van der Waals surface area contributed by atoms with Crippen molar-refractivity contribution in [2.24, 2.45) is 0 Å². The third-order valence-electron chi connectivity index (χ3n) is 3.67. The van der Waals surface area contributed by atoms with Crippen molar-refractivity contribution in [1.29, 1.82) is 0 Å². The van der Waals surface area contributed by atoms with Gasteiger partial charge in [0.05, 0.1) is 12.2 Å². The SMILES string of the molecule is CC.CC(=O)N1CC2=CCCC=C2/C=C\c2ccccc21. The number of benzene rings is 1. The van der Waals surface area contributed by atoms with Crippen LogP contribution in [0.25, 0.3) is 6.08 Å². The number of hydrogen-bond donors (Lipinski definition) is 0. The Morgan fingerprint density at radius 2 is 1.76 bits per heavy atom. The second-order valence-corrected chi connectivity index (χ2v) is 4.96. The van der Waals surface area contributed by atoms with Crippen LogP contribution in [0.4, 0.5) is 5.69 Å². The Morgan fingerprint density at radius 3 is 2.52 bits per heavy atom. The summed E-state index contributed by atoms with van der Waals surface area (Å²) in [6, 6.07) is 8.06. The van der Waals surface area contributed by atoms with Gasteiger partial charge in [0.2, 0.25) is 5.91 Å². The van der Waals surface area contributed by atoms with Crippen molar-refractivity contribution < 1.29 is 4.79 Å². The number of carbonyl (C=O) groups excluding carboxylic acids is 1. The van der Waals surface area contributed by atoms with E-state index in [9.17, 15) is 4.79 Å². The van der Waals surface area contributed by atoms with E-state index < -0.39 is 0 Å². The van der Waals surface area contributed by atoms with Crippen molar-refractivity contribution in [3.05, 3.63) is 59.2 Å². The number of hydrogen-bond acceptors (Lipinski definition) is 1. The largest absolute Gasteiger partial charge is 0.308 e. The molecule has 1 heterocycles. The number of fused-ring (bicyclic) bond motifs is 2. The highest BCUT2D eigenvalue weighted by Gasteiger charge is 2.19. The van der Waals surface area contributed by atoms with Crippen molar-refractivity contribution in [1.82, 2.24) is 0 Å². The number of amides is 1. The summed E-state index contributed by atoms with van der Waals surface area (Å²) in [6.45, 7) is 6.30. The first kappa shape index (κ1) is 15.3. The first-order valence-electron chi connectivity index (χ1n) is 7.70. The molecule has 0 saturated carbocycles.